The average molecular weight is 338 g/mol. The van der Waals surface area contributed by atoms with Crippen LogP contribution < -0.4 is 15.4 Å². The first-order valence-electron chi connectivity index (χ1n) is 8.47. The van der Waals surface area contributed by atoms with E-state index < -0.39 is 0 Å². The second kappa shape index (κ2) is 7.83. The summed E-state index contributed by atoms with van der Waals surface area (Å²) in [5.74, 6) is 0.883. The molecule has 2 aromatic rings. The number of carbonyl (C=O) groups is 2. The highest BCUT2D eigenvalue weighted by atomic mass is 16.5. The number of benzene rings is 2. The molecule has 130 valence electrons. The second-order valence-corrected chi connectivity index (χ2v) is 6.13. The predicted octanol–water partition coefficient (Wildman–Crippen LogP) is 2.87. The van der Waals surface area contributed by atoms with Gasteiger partial charge in [0.2, 0.25) is 11.8 Å². The molecule has 0 aliphatic carbocycles. The SMILES string of the molecule is CNC(=O)Cc1ccccc1NC(=O)C[C@@H]1CCOc2ccccc21. The van der Waals surface area contributed by atoms with Gasteiger partial charge in [-0.25, -0.2) is 0 Å². The van der Waals surface area contributed by atoms with Crippen molar-refractivity contribution >= 4 is 17.5 Å². The molecule has 0 spiro atoms. The Hall–Kier alpha value is -2.82. The molecule has 0 radical (unpaired) electrons. The summed E-state index contributed by atoms with van der Waals surface area (Å²) in [6, 6.07) is 15.3. The second-order valence-electron chi connectivity index (χ2n) is 6.13. The molecule has 5 heteroatoms. The number of carbonyl (C=O) groups excluding carboxylic acids is 2. The first kappa shape index (κ1) is 17.0. The van der Waals surface area contributed by atoms with Crippen LogP contribution in [0.3, 0.4) is 0 Å². The Kier molecular flexibility index (Phi) is 5.33. The summed E-state index contributed by atoms with van der Waals surface area (Å²) in [6.45, 7) is 0.627. The first-order chi connectivity index (χ1) is 12.2. The molecule has 2 aromatic carbocycles. The maximum Gasteiger partial charge on any atom is 0.224 e. The third-order valence-electron chi connectivity index (χ3n) is 4.44. The minimum absolute atomic E-state index is 0.0499. The van der Waals surface area contributed by atoms with Crippen molar-refractivity contribution in [1.82, 2.24) is 5.32 Å². The van der Waals surface area contributed by atoms with Crippen LogP contribution in [0, 0.1) is 0 Å². The van der Waals surface area contributed by atoms with Crippen molar-refractivity contribution in [3.05, 3.63) is 59.7 Å². The summed E-state index contributed by atoms with van der Waals surface area (Å²) in [4.78, 5) is 24.2. The Bertz CT molecular complexity index is 773. The summed E-state index contributed by atoms with van der Waals surface area (Å²) in [7, 11) is 1.60. The highest BCUT2D eigenvalue weighted by Gasteiger charge is 2.23. The number of rotatable bonds is 5. The number of amides is 2. The maximum atomic E-state index is 12.5. The van der Waals surface area contributed by atoms with Gasteiger partial charge in [-0.1, -0.05) is 36.4 Å². The highest BCUT2D eigenvalue weighted by molar-refractivity contribution is 5.93. The van der Waals surface area contributed by atoms with Crippen LogP contribution in [0.1, 0.15) is 29.9 Å². The molecule has 0 unspecified atom stereocenters. The van der Waals surface area contributed by atoms with Crippen LogP contribution in [0.15, 0.2) is 48.5 Å². The quantitative estimate of drug-likeness (QED) is 0.881. The lowest BCUT2D eigenvalue weighted by Crippen LogP contribution is -2.23. The van der Waals surface area contributed by atoms with Crippen molar-refractivity contribution in [1.29, 1.82) is 0 Å². The summed E-state index contributed by atoms with van der Waals surface area (Å²) in [5, 5.41) is 5.56. The molecule has 1 heterocycles. The zero-order valence-electron chi connectivity index (χ0n) is 14.2. The van der Waals surface area contributed by atoms with Crippen molar-refractivity contribution in [2.24, 2.45) is 0 Å². The number of anilines is 1. The molecular weight excluding hydrogens is 316 g/mol. The van der Waals surface area contributed by atoms with Crippen LogP contribution in [-0.2, 0) is 16.0 Å². The lowest BCUT2D eigenvalue weighted by molar-refractivity contribution is -0.120. The molecule has 3 rings (SSSR count). The number of fused-ring (bicyclic) bond motifs is 1. The van der Waals surface area contributed by atoms with E-state index in [9.17, 15) is 9.59 Å². The number of hydrogen-bond donors (Lipinski definition) is 2. The van der Waals surface area contributed by atoms with Crippen LogP contribution in [0.25, 0.3) is 0 Å². The third-order valence-corrected chi connectivity index (χ3v) is 4.44. The van der Waals surface area contributed by atoms with Crippen LogP contribution in [0.5, 0.6) is 5.75 Å². The number of likely N-dealkylation sites (N-methyl/N-ethyl adjacent to an activating group) is 1. The van der Waals surface area contributed by atoms with Crippen molar-refractivity contribution in [2.45, 2.75) is 25.2 Å². The van der Waals surface area contributed by atoms with E-state index in [0.29, 0.717) is 18.7 Å². The maximum absolute atomic E-state index is 12.5. The van der Waals surface area contributed by atoms with Crippen molar-refractivity contribution in [2.75, 3.05) is 19.0 Å². The lowest BCUT2D eigenvalue weighted by Gasteiger charge is -2.25. The fourth-order valence-corrected chi connectivity index (χ4v) is 3.11. The van der Waals surface area contributed by atoms with Crippen molar-refractivity contribution in [3.8, 4) is 5.75 Å². The van der Waals surface area contributed by atoms with Gasteiger partial charge in [0.1, 0.15) is 5.75 Å². The fraction of sp³-hybridized carbons (Fsp3) is 0.300. The molecule has 2 N–H and O–H groups in total. The topological polar surface area (TPSA) is 67.4 Å². The van der Waals surface area contributed by atoms with Crippen molar-refractivity contribution in [3.63, 3.8) is 0 Å². The largest absolute Gasteiger partial charge is 0.493 e. The average Bonchev–Trinajstić information content (AvgIpc) is 2.63. The van der Waals surface area contributed by atoms with Gasteiger partial charge in [0.25, 0.3) is 0 Å². The molecule has 0 saturated heterocycles. The molecular formula is C20H22N2O3. The third kappa shape index (κ3) is 4.18. The van der Waals surface area contributed by atoms with Gasteiger partial charge in [-0.15, -0.1) is 0 Å². The molecule has 0 bridgehead atoms. The van der Waals surface area contributed by atoms with E-state index in [2.05, 4.69) is 10.6 Å². The van der Waals surface area contributed by atoms with Crippen LogP contribution in [-0.4, -0.2) is 25.5 Å². The van der Waals surface area contributed by atoms with Gasteiger partial charge in [0.05, 0.1) is 13.0 Å². The van der Waals surface area contributed by atoms with E-state index in [1.54, 1.807) is 7.05 Å². The van der Waals surface area contributed by atoms with Gasteiger partial charge in [-0.2, -0.15) is 0 Å². The zero-order chi connectivity index (χ0) is 17.6. The standard InChI is InChI=1S/C20H22N2O3/c1-21-19(23)13-15-6-2-4-8-17(15)22-20(24)12-14-10-11-25-18-9-5-3-7-16(14)18/h2-9,14H,10-13H2,1H3,(H,21,23)(H,22,24)/t14-/m0/s1. The first-order valence-corrected chi connectivity index (χ1v) is 8.47. The van der Waals surface area contributed by atoms with E-state index in [-0.39, 0.29) is 24.2 Å². The van der Waals surface area contributed by atoms with Gasteiger partial charge in [-0.05, 0) is 35.6 Å². The van der Waals surface area contributed by atoms with Crippen LogP contribution in [0.4, 0.5) is 5.69 Å². The fourth-order valence-electron chi connectivity index (χ4n) is 3.11. The zero-order valence-corrected chi connectivity index (χ0v) is 14.2. The highest BCUT2D eigenvalue weighted by Crippen LogP contribution is 2.35. The molecule has 0 aromatic heterocycles. The number of para-hydroxylation sites is 2. The minimum Gasteiger partial charge on any atom is -0.493 e. The van der Waals surface area contributed by atoms with Crippen LogP contribution in [0.2, 0.25) is 0 Å². The van der Waals surface area contributed by atoms with E-state index in [4.69, 9.17) is 4.74 Å². The van der Waals surface area contributed by atoms with Gasteiger partial charge in [-0.3, -0.25) is 9.59 Å². The van der Waals surface area contributed by atoms with E-state index in [1.807, 2.05) is 48.5 Å². The Morgan fingerprint density at radius 2 is 1.84 bits per heavy atom. The Morgan fingerprint density at radius 1 is 1.08 bits per heavy atom. The van der Waals surface area contributed by atoms with Crippen LogP contribution >= 0.6 is 0 Å². The molecule has 25 heavy (non-hydrogen) atoms. The van der Waals surface area contributed by atoms with E-state index in [1.165, 1.54) is 0 Å². The summed E-state index contributed by atoms with van der Waals surface area (Å²) in [6.07, 6.45) is 1.46. The van der Waals surface area contributed by atoms with Gasteiger partial charge in [0.15, 0.2) is 0 Å². The van der Waals surface area contributed by atoms with E-state index >= 15 is 0 Å². The smallest absolute Gasteiger partial charge is 0.224 e. The molecule has 1 aliphatic rings. The Morgan fingerprint density at radius 3 is 2.68 bits per heavy atom. The molecule has 5 nitrogen and oxygen atoms in total. The lowest BCUT2D eigenvalue weighted by atomic mass is 9.90. The normalized spacial score (nSPS) is 15.6. The van der Waals surface area contributed by atoms with Gasteiger partial charge < -0.3 is 15.4 Å². The predicted molar refractivity (Wildman–Crippen MR) is 96.8 cm³/mol. The minimum atomic E-state index is -0.0833. The summed E-state index contributed by atoms with van der Waals surface area (Å²) in [5.41, 5.74) is 2.58. The van der Waals surface area contributed by atoms with Gasteiger partial charge in [0, 0.05) is 19.2 Å². The molecule has 1 aliphatic heterocycles. The monoisotopic (exact) mass is 338 g/mol. The number of nitrogens with one attached hydrogen (secondary N) is 2. The molecule has 0 fully saturated rings. The molecule has 2 amide bonds. The van der Waals surface area contributed by atoms with Crippen molar-refractivity contribution < 1.29 is 14.3 Å². The Balaban J connectivity index is 1.69. The molecule has 0 saturated carbocycles. The Labute approximate surface area is 147 Å². The summed E-state index contributed by atoms with van der Waals surface area (Å²) >= 11 is 0. The molecule has 1 atom stereocenters. The van der Waals surface area contributed by atoms with Gasteiger partial charge >= 0.3 is 0 Å². The van der Waals surface area contributed by atoms with E-state index in [0.717, 1.165) is 23.3 Å². The number of hydrogen-bond acceptors (Lipinski definition) is 3. The number of ether oxygens (including phenoxy) is 1. The summed E-state index contributed by atoms with van der Waals surface area (Å²) < 4.78 is 5.65.